The van der Waals surface area contributed by atoms with Crippen molar-refractivity contribution in [1.29, 1.82) is 0 Å². The largest absolute Gasteiger partial charge is 0.344 e. The SMILES string of the molecule is C=C(N/C(C)=N/c1cc(CN2CCC2)cc(C)c1C)c1ccnc(C)c1. The van der Waals surface area contributed by atoms with Crippen LogP contribution in [0.4, 0.5) is 5.69 Å². The molecular weight excluding hydrogens is 320 g/mol. The summed E-state index contributed by atoms with van der Waals surface area (Å²) in [6, 6.07) is 8.48. The first kappa shape index (κ1) is 18.3. The molecule has 4 heteroatoms. The van der Waals surface area contributed by atoms with Crippen molar-refractivity contribution in [3.05, 3.63) is 65.0 Å². The van der Waals surface area contributed by atoms with Gasteiger partial charge < -0.3 is 5.32 Å². The number of aromatic nitrogens is 1. The van der Waals surface area contributed by atoms with E-state index in [2.05, 4.69) is 47.8 Å². The number of hydrogen-bond donors (Lipinski definition) is 1. The topological polar surface area (TPSA) is 40.5 Å². The number of nitrogens with zero attached hydrogens (tertiary/aromatic N) is 3. The third kappa shape index (κ3) is 4.38. The summed E-state index contributed by atoms with van der Waals surface area (Å²) < 4.78 is 0. The number of hydrogen-bond acceptors (Lipinski definition) is 3. The zero-order valence-corrected chi connectivity index (χ0v) is 16.3. The maximum absolute atomic E-state index is 4.83. The van der Waals surface area contributed by atoms with Crippen molar-refractivity contribution in [3.8, 4) is 0 Å². The normalized spacial score (nSPS) is 14.8. The van der Waals surface area contributed by atoms with Gasteiger partial charge in [0.15, 0.2) is 0 Å². The molecule has 0 aliphatic carbocycles. The van der Waals surface area contributed by atoms with Gasteiger partial charge in [0.05, 0.1) is 5.69 Å². The minimum atomic E-state index is 0.836. The lowest BCUT2D eigenvalue weighted by molar-refractivity contribution is 0.172. The van der Waals surface area contributed by atoms with Crippen molar-refractivity contribution in [1.82, 2.24) is 15.2 Å². The highest BCUT2D eigenvalue weighted by Gasteiger charge is 2.15. The van der Waals surface area contributed by atoms with Gasteiger partial charge in [0.2, 0.25) is 0 Å². The summed E-state index contributed by atoms with van der Waals surface area (Å²) in [5.74, 6) is 0.841. The molecule has 2 heterocycles. The van der Waals surface area contributed by atoms with Crippen molar-refractivity contribution in [3.63, 3.8) is 0 Å². The molecule has 1 aliphatic rings. The Labute approximate surface area is 156 Å². The maximum Gasteiger partial charge on any atom is 0.103 e. The van der Waals surface area contributed by atoms with Crippen molar-refractivity contribution in [2.45, 2.75) is 40.7 Å². The Morgan fingerprint density at radius 3 is 2.65 bits per heavy atom. The Bertz CT molecular complexity index is 847. The Morgan fingerprint density at radius 2 is 2.00 bits per heavy atom. The molecule has 0 bridgehead atoms. The molecule has 26 heavy (non-hydrogen) atoms. The summed E-state index contributed by atoms with van der Waals surface area (Å²) >= 11 is 0. The number of likely N-dealkylation sites (tertiary alicyclic amines) is 1. The number of pyridine rings is 1. The van der Waals surface area contributed by atoms with Crippen LogP contribution < -0.4 is 5.32 Å². The Hall–Kier alpha value is -2.46. The maximum atomic E-state index is 4.83. The van der Waals surface area contributed by atoms with E-state index in [1.165, 1.54) is 36.2 Å². The van der Waals surface area contributed by atoms with E-state index in [1.54, 1.807) is 6.20 Å². The number of aliphatic imine (C=N–C) groups is 1. The second-order valence-corrected chi connectivity index (χ2v) is 7.17. The van der Waals surface area contributed by atoms with Crippen LogP contribution in [0.25, 0.3) is 5.70 Å². The highest BCUT2D eigenvalue weighted by molar-refractivity contribution is 5.90. The van der Waals surface area contributed by atoms with E-state index in [4.69, 9.17) is 4.99 Å². The molecule has 136 valence electrons. The van der Waals surface area contributed by atoms with Gasteiger partial charge in [-0.3, -0.25) is 9.88 Å². The lowest BCUT2D eigenvalue weighted by Crippen LogP contribution is -2.36. The van der Waals surface area contributed by atoms with Gasteiger partial charge in [-0.25, -0.2) is 4.99 Å². The van der Waals surface area contributed by atoms with Gasteiger partial charge >= 0.3 is 0 Å². The van der Waals surface area contributed by atoms with E-state index >= 15 is 0 Å². The quantitative estimate of drug-likeness (QED) is 0.638. The van der Waals surface area contributed by atoms with Gasteiger partial charge in [0.1, 0.15) is 5.84 Å². The van der Waals surface area contributed by atoms with Crippen LogP contribution >= 0.6 is 0 Å². The summed E-state index contributed by atoms with van der Waals surface area (Å²) in [6.45, 7) is 15.8. The standard InChI is InChI=1S/C22H28N4/c1-15-11-20(14-26-9-6-10-26)13-22(17(15)3)25-19(5)24-18(4)21-7-8-23-16(2)12-21/h7-8,11-13H,4,6,9-10,14H2,1-3,5H3,(H,24,25). The molecule has 0 spiro atoms. The van der Waals surface area contributed by atoms with Gasteiger partial charge in [-0.05, 0) is 82.1 Å². The van der Waals surface area contributed by atoms with E-state index in [0.717, 1.165) is 35.0 Å². The first-order valence-corrected chi connectivity index (χ1v) is 9.19. The number of amidine groups is 1. The lowest BCUT2D eigenvalue weighted by atomic mass is 10.0. The molecule has 1 N–H and O–H groups in total. The summed E-state index contributed by atoms with van der Waals surface area (Å²) in [5.41, 5.74) is 7.73. The van der Waals surface area contributed by atoms with Gasteiger partial charge in [0, 0.05) is 29.7 Å². The van der Waals surface area contributed by atoms with E-state index in [0.29, 0.717) is 0 Å². The van der Waals surface area contributed by atoms with Crippen molar-refractivity contribution in [2.75, 3.05) is 13.1 Å². The predicted molar refractivity (Wildman–Crippen MR) is 110 cm³/mol. The molecule has 1 aromatic carbocycles. The third-order valence-electron chi connectivity index (χ3n) is 4.92. The average molecular weight is 348 g/mol. The molecule has 0 radical (unpaired) electrons. The third-order valence-corrected chi connectivity index (χ3v) is 4.92. The zero-order chi connectivity index (χ0) is 18.7. The van der Waals surface area contributed by atoms with E-state index in [9.17, 15) is 0 Å². The van der Waals surface area contributed by atoms with E-state index < -0.39 is 0 Å². The molecule has 1 saturated heterocycles. The van der Waals surface area contributed by atoms with Crippen LogP contribution in [0, 0.1) is 20.8 Å². The summed E-state index contributed by atoms with van der Waals surface area (Å²) in [7, 11) is 0. The van der Waals surface area contributed by atoms with Crippen LogP contribution in [0.1, 0.15) is 41.3 Å². The van der Waals surface area contributed by atoms with Gasteiger partial charge in [-0.1, -0.05) is 12.6 Å². The molecule has 0 atom stereocenters. The fourth-order valence-corrected chi connectivity index (χ4v) is 3.15. The minimum Gasteiger partial charge on any atom is -0.344 e. The smallest absolute Gasteiger partial charge is 0.103 e. The monoisotopic (exact) mass is 348 g/mol. The molecule has 0 unspecified atom stereocenters. The zero-order valence-electron chi connectivity index (χ0n) is 16.3. The van der Waals surface area contributed by atoms with Crippen molar-refractivity contribution >= 4 is 17.2 Å². The molecule has 3 rings (SSSR count). The first-order valence-electron chi connectivity index (χ1n) is 9.19. The minimum absolute atomic E-state index is 0.836. The number of rotatable bonds is 5. The Morgan fingerprint density at radius 1 is 1.23 bits per heavy atom. The predicted octanol–water partition coefficient (Wildman–Crippen LogP) is 4.52. The fourth-order valence-electron chi connectivity index (χ4n) is 3.15. The van der Waals surface area contributed by atoms with Crippen molar-refractivity contribution < 1.29 is 0 Å². The number of nitrogens with one attached hydrogen (secondary N) is 1. The van der Waals surface area contributed by atoms with Crippen LogP contribution in [0.5, 0.6) is 0 Å². The highest BCUT2D eigenvalue weighted by Crippen LogP contribution is 2.26. The van der Waals surface area contributed by atoms with Gasteiger partial charge in [-0.2, -0.15) is 0 Å². The van der Waals surface area contributed by atoms with Crippen LogP contribution in [0.3, 0.4) is 0 Å². The second kappa shape index (κ2) is 7.83. The summed E-state index contributed by atoms with van der Waals surface area (Å²) in [6.07, 6.45) is 3.12. The van der Waals surface area contributed by atoms with E-state index in [1.807, 2.05) is 26.0 Å². The molecule has 1 aromatic heterocycles. The number of benzene rings is 1. The van der Waals surface area contributed by atoms with Crippen LogP contribution in [0.15, 0.2) is 42.0 Å². The second-order valence-electron chi connectivity index (χ2n) is 7.17. The van der Waals surface area contributed by atoms with Gasteiger partial charge in [0.25, 0.3) is 0 Å². The van der Waals surface area contributed by atoms with Crippen molar-refractivity contribution in [2.24, 2.45) is 4.99 Å². The molecule has 1 aliphatic heterocycles. The molecule has 2 aromatic rings. The molecular formula is C22H28N4. The first-order chi connectivity index (χ1) is 12.4. The van der Waals surface area contributed by atoms with Crippen LogP contribution in [-0.4, -0.2) is 28.8 Å². The molecule has 4 nitrogen and oxygen atoms in total. The van der Waals surface area contributed by atoms with Gasteiger partial charge in [-0.15, -0.1) is 0 Å². The summed E-state index contributed by atoms with van der Waals surface area (Å²) in [5, 5.41) is 3.32. The Balaban J connectivity index is 1.77. The fraction of sp³-hybridized carbons (Fsp3) is 0.364. The summed E-state index contributed by atoms with van der Waals surface area (Å²) in [4.78, 5) is 11.5. The van der Waals surface area contributed by atoms with Crippen LogP contribution in [-0.2, 0) is 6.54 Å². The number of aryl methyl sites for hydroxylation is 2. The average Bonchev–Trinajstić information content (AvgIpc) is 2.55. The highest BCUT2D eigenvalue weighted by atomic mass is 15.2. The Kier molecular flexibility index (Phi) is 5.52. The molecule has 0 amide bonds. The van der Waals surface area contributed by atoms with E-state index in [-0.39, 0.29) is 0 Å². The molecule has 1 fully saturated rings. The van der Waals surface area contributed by atoms with Crippen LogP contribution in [0.2, 0.25) is 0 Å². The molecule has 0 saturated carbocycles. The lowest BCUT2D eigenvalue weighted by Gasteiger charge is -2.31.